The number of nitrogens with one attached hydrogen (secondary N) is 2. The highest BCUT2D eigenvalue weighted by Crippen LogP contribution is 2.39. The second-order valence-electron chi connectivity index (χ2n) is 7.64. The minimum Gasteiger partial charge on any atom is -0.325 e. The average molecular weight is 424 g/mol. The Labute approximate surface area is 178 Å². The van der Waals surface area contributed by atoms with Gasteiger partial charge in [-0.3, -0.25) is 14.9 Å². The number of nitrogens with zero attached hydrogens (tertiary/aromatic N) is 1. The van der Waals surface area contributed by atoms with Crippen molar-refractivity contribution in [1.82, 2.24) is 4.98 Å². The van der Waals surface area contributed by atoms with E-state index in [4.69, 9.17) is 0 Å². The maximum absolute atomic E-state index is 13.1. The number of anilines is 2. The first-order valence-electron chi connectivity index (χ1n) is 9.77. The van der Waals surface area contributed by atoms with Crippen molar-refractivity contribution in [3.63, 3.8) is 0 Å². The molecule has 1 aromatic heterocycles. The fourth-order valence-electron chi connectivity index (χ4n) is 3.89. The van der Waals surface area contributed by atoms with Gasteiger partial charge in [0.15, 0.2) is 5.13 Å². The summed E-state index contributed by atoms with van der Waals surface area (Å²) in [4.78, 5) is 30.9. The van der Waals surface area contributed by atoms with Crippen LogP contribution in [0.5, 0.6) is 0 Å². The molecule has 2 aromatic carbocycles. The second kappa shape index (κ2) is 7.99. The second-order valence-corrected chi connectivity index (χ2v) is 8.73. The number of rotatable bonds is 4. The lowest BCUT2D eigenvalue weighted by Crippen LogP contribution is -2.21. The molecule has 0 saturated carbocycles. The molecular weight excluding hydrogens is 401 g/mol. The van der Waals surface area contributed by atoms with Gasteiger partial charge in [-0.05, 0) is 69.0 Å². The average Bonchev–Trinajstić information content (AvgIpc) is 3.25. The molecule has 1 aliphatic carbocycles. The summed E-state index contributed by atoms with van der Waals surface area (Å²) >= 11 is 1.39. The van der Waals surface area contributed by atoms with Crippen molar-refractivity contribution in [1.29, 1.82) is 0 Å². The van der Waals surface area contributed by atoms with Crippen LogP contribution in [0, 0.1) is 26.6 Å². The quantitative estimate of drug-likeness (QED) is 0.611. The zero-order valence-corrected chi connectivity index (χ0v) is 17.8. The smallest absolute Gasteiger partial charge is 0.257 e. The molecule has 0 radical (unpaired) electrons. The number of fused-ring (bicyclic) bond motifs is 1. The van der Waals surface area contributed by atoms with Gasteiger partial charge < -0.3 is 5.32 Å². The predicted octanol–water partition coefficient (Wildman–Crippen LogP) is 5.13. The Hall–Kier alpha value is -3.06. The molecule has 154 valence electrons. The molecule has 0 spiro atoms. The minimum atomic E-state index is -0.396. The van der Waals surface area contributed by atoms with Crippen LogP contribution in [0.4, 0.5) is 15.2 Å². The van der Waals surface area contributed by atoms with Crippen molar-refractivity contribution < 1.29 is 14.0 Å². The third kappa shape index (κ3) is 3.98. The highest BCUT2D eigenvalue weighted by molar-refractivity contribution is 7.16. The number of amides is 2. The molecule has 0 bridgehead atoms. The maximum atomic E-state index is 13.1. The molecule has 0 saturated heterocycles. The number of carbonyl (C=O) groups excluding carboxylic acids is 2. The number of carbonyl (C=O) groups is 2. The van der Waals surface area contributed by atoms with Crippen LogP contribution in [0.2, 0.25) is 0 Å². The first-order chi connectivity index (χ1) is 14.3. The SMILES string of the molecule is Cc1cc(C)c(NC(=O)C2CCc3sc(NC(=O)c4ccc(F)cc4)nc32)c(C)c1. The Morgan fingerprint density at radius 2 is 1.73 bits per heavy atom. The number of benzene rings is 2. The molecule has 30 heavy (non-hydrogen) atoms. The molecular formula is C23H22FN3O2S. The molecule has 0 fully saturated rings. The van der Waals surface area contributed by atoms with Gasteiger partial charge in [0.05, 0.1) is 11.6 Å². The van der Waals surface area contributed by atoms with Gasteiger partial charge in [-0.1, -0.05) is 17.7 Å². The van der Waals surface area contributed by atoms with Crippen molar-refractivity contribution in [2.24, 2.45) is 0 Å². The van der Waals surface area contributed by atoms with Gasteiger partial charge in [-0.25, -0.2) is 9.37 Å². The maximum Gasteiger partial charge on any atom is 0.257 e. The van der Waals surface area contributed by atoms with E-state index in [-0.39, 0.29) is 17.7 Å². The van der Waals surface area contributed by atoms with Crippen LogP contribution in [-0.2, 0) is 11.2 Å². The summed E-state index contributed by atoms with van der Waals surface area (Å²) in [5.41, 5.74) is 5.15. The van der Waals surface area contributed by atoms with E-state index in [0.29, 0.717) is 17.1 Å². The van der Waals surface area contributed by atoms with Gasteiger partial charge in [0.25, 0.3) is 5.91 Å². The van der Waals surface area contributed by atoms with Crippen LogP contribution in [0.25, 0.3) is 0 Å². The highest BCUT2D eigenvalue weighted by atomic mass is 32.1. The van der Waals surface area contributed by atoms with E-state index < -0.39 is 5.82 Å². The number of halogens is 1. The number of aromatic nitrogens is 1. The summed E-state index contributed by atoms with van der Waals surface area (Å²) in [7, 11) is 0. The molecule has 1 atom stereocenters. The summed E-state index contributed by atoms with van der Waals surface area (Å²) in [5.74, 6) is -1.17. The Morgan fingerprint density at radius 1 is 1.07 bits per heavy atom. The van der Waals surface area contributed by atoms with Crippen LogP contribution in [0.15, 0.2) is 36.4 Å². The van der Waals surface area contributed by atoms with Gasteiger partial charge in [0.2, 0.25) is 5.91 Å². The fourth-order valence-corrected chi connectivity index (χ4v) is 4.93. The van der Waals surface area contributed by atoms with E-state index in [9.17, 15) is 14.0 Å². The van der Waals surface area contributed by atoms with Crippen LogP contribution >= 0.6 is 11.3 Å². The van der Waals surface area contributed by atoms with Crippen molar-refractivity contribution in [2.75, 3.05) is 10.6 Å². The number of hydrogen-bond donors (Lipinski definition) is 2. The number of aryl methyl sites for hydroxylation is 4. The van der Waals surface area contributed by atoms with E-state index >= 15 is 0 Å². The summed E-state index contributed by atoms with van der Waals surface area (Å²) in [6, 6.07) is 9.43. The molecule has 7 heteroatoms. The summed E-state index contributed by atoms with van der Waals surface area (Å²) < 4.78 is 13.1. The van der Waals surface area contributed by atoms with E-state index in [1.807, 2.05) is 20.8 Å². The van der Waals surface area contributed by atoms with Crippen molar-refractivity contribution in [2.45, 2.75) is 39.5 Å². The lowest BCUT2D eigenvalue weighted by atomic mass is 10.0. The summed E-state index contributed by atoms with van der Waals surface area (Å²) in [6.45, 7) is 6.01. The zero-order valence-electron chi connectivity index (χ0n) is 17.0. The molecule has 5 nitrogen and oxygen atoms in total. The first kappa shape index (κ1) is 20.2. The number of thiazole rings is 1. The lowest BCUT2D eigenvalue weighted by Gasteiger charge is -2.15. The van der Waals surface area contributed by atoms with E-state index in [0.717, 1.165) is 39.4 Å². The Kier molecular flexibility index (Phi) is 5.39. The monoisotopic (exact) mass is 423 g/mol. The normalized spacial score (nSPS) is 15.0. The van der Waals surface area contributed by atoms with Crippen molar-refractivity contribution in [3.05, 3.63) is 75.0 Å². The van der Waals surface area contributed by atoms with Crippen molar-refractivity contribution in [3.8, 4) is 0 Å². The Morgan fingerprint density at radius 3 is 2.40 bits per heavy atom. The number of hydrogen-bond acceptors (Lipinski definition) is 4. The topological polar surface area (TPSA) is 71.1 Å². The molecule has 4 rings (SSSR count). The highest BCUT2D eigenvalue weighted by Gasteiger charge is 2.33. The van der Waals surface area contributed by atoms with E-state index in [1.54, 1.807) is 0 Å². The van der Waals surface area contributed by atoms with E-state index in [2.05, 4.69) is 27.8 Å². The molecule has 1 aliphatic rings. The van der Waals surface area contributed by atoms with Crippen LogP contribution in [-0.4, -0.2) is 16.8 Å². The molecule has 1 unspecified atom stereocenters. The predicted molar refractivity (Wildman–Crippen MR) is 117 cm³/mol. The third-order valence-electron chi connectivity index (χ3n) is 5.29. The van der Waals surface area contributed by atoms with Crippen LogP contribution in [0.3, 0.4) is 0 Å². The minimum absolute atomic E-state index is 0.0782. The van der Waals surface area contributed by atoms with Gasteiger partial charge in [0, 0.05) is 16.1 Å². The fraction of sp³-hybridized carbons (Fsp3) is 0.261. The van der Waals surface area contributed by atoms with Gasteiger partial charge in [0.1, 0.15) is 5.82 Å². The van der Waals surface area contributed by atoms with Crippen LogP contribution < -0.4 is 10.6 Å². The third-order valence-corrected chi connectivity index (χ3v) is 6.33. The first-order valence-corrected chi connectivity index (χ1v) is 10.6. The summed E-state index contributed by atoms with van der Waals surface area (Å²) in [6.07, 6.45) is 1.46. The molecule has 3 aromatic rings. The van der Waals surface area contributed by atoms with Crippen LogP contribution in [0.1, 0.15) is 50.0 Å². The largest absolute Gasteiger partial charge is 0.325 e. The molecule has 2 amide bonds. The molecule has 2 N–H and O–H groups in total. The molecule has 1 heterocycles. The zero-order chi connectivity index (χ0) is 21.4. The standard InChI is InChI=1S/C23H22FN3O2S/c1-12-10-13(2)19(14(3)11-12)25-22(29)17-8-9-18-20(17)26-23(30-18)27-21(28)15-4-6-16(24)7-5-15/h4-7,10-11,17H,8-9H2,1-3H3,(H,25,29)(H,26,27,28). The van der Waals surface area contributed by atoms with E-state index in [1.165, 1.54) is 35.6 Å². The summed E-state index contributed by atoms with van der Waals surface area (Å²) in [5, 5.41) is 6.28. The Bertz CT molecular complexity index is 1110. The Balaban J connectivity index is 1.49. The van der Waals surface area contributed by atoms with Gasteiger partial charge in [-0.2, -0.15) is 0 Å². The van der Waals surface area contributed by atoms with Crippen molar-refractivity contribution >= 4 is 34.0 Å². The van der Waals surface area contributed by atoms with Gasteiger partial charge >= 0.3 is 0 Å². The van der Waals surface area contributed by atoms with Gasteiger partial charge in [-0.15, -0.1) is 11.3 Å². The molecule has 0 aliphatic heterocycles. The lowest BCUT2D eigenvalue weighted by molar-refractivity contribution is -0.117.